The van der Waals surface area contributed by atoms with E-state index in [1.54, 1.807) is 34.6 Å². The Morgan fingerprint density at radius 1 is 1.00 bits per heavy atom. The number of ether oxygens (including phenoxy) is 2. The van der Waals surface area contributed by atoms with E-state index >= 15 is 0 Å². The second-order valence-corrected chi connectivity index (χ2v) is 4.77. The third-order valence-electron chi connectivity index (χ3n) is 1.50. The molecule has 88 valence electrons. The van der Waals surface area contributed by atoms with Gasteiger partial charge in [0.15, 0.2) is 6.10 Å². The molecule has 4 nitrogen and oxygen atoms in total. The Bertz CT molecular complexity index is 237. The van der Waals surface area contributed by atoms with Crippen molar-refractivity contribution in [1.82, 2.24) is 0 Å². The van der Waals surface area contributed by atoms with Gasteiger partial charge in [-0.05, 0) is 27.7 Å². The van der Waals surface area contributed by atoms with Gasteiger partial charge in [0.05, 0.1) is 5.92 Å². The number of hydrogen-bond acceptors (Lipinski definition) is 4. The quantitative estimate of drug-likeness (QED) is 0.676. The van der Waals surface area contributed by atoms with Crippen molar-refractivity contribution < 1.29 is 19.1 Å². The summed E-state index contributed by atoms with van der Waals surface area (Å²) in [6.45, 7) is 10.2. The number of esters is 2. The highest BCUT2D eigenvalue weighted by molar-refractivity contribution is 5.79. The molecule has 0 aliphatic rings. The predicted octanol–water partition coefficient (Wildman–Crippen LogP) is 1.92. The Kier molecular flexibility index (Phi) is 4.78. The first-order chi connectivity index (χ1) is 6.63. The van der Waals surface area contributed by atoms with Gasteiger partial charge >= 0.3 is 11.9 Å². The molecule has 0 aliphatic carbocycles. The van der Waals surface area contributed by atoms with Crippen LogP contribution in [0.1, 0.15) is 41.5 Å². The van der Waals surface area contributed by atoms with Crippen molar-refractivity contribution >= 4 is 11.9 Å². The summed E-state index contributed by atoms with van der Waals surface area (Å²) in [6.07, 6.45) is -0.848. The van der Waals surface area contributed by atoms with Gasteiger partial charge in [0.2, 0.25) is 0 Å². The minimum Gasteiger partial charge on any atom is -0.457 e. The van der Waals surface area contributed by atoms with Crippen LogP contribution in [0, 0.1) is 5.92 Å². The lowest BCUT2D eigenvalue weighted by Gasteiger charge is -2.22. The first kappa shape index (κ1) is 13.9. The number of carbonyl (C=O) groups is 2. The molecule has 0 aliphatic heterocycles. The number of hydrogen-bond donors (Lipinski definition) is 0. The maximum atomic E-state index is 11.4. The molecule has 0 amide bonds. The lowest BCUT2D eigenvalue weighted by molar-refractivity contribution is -0.175. The largest absolute Gasteiger partial charge is 0.457 e. The molecular formula is C11H20O4. The van der Waals surface area contributed by atoms with Gasteiger partial charge in [-0.3, -0.25) is 4.79 Å². The SMILES string of the molecule is CC(C)C(=O)OC(C)C(=O)OC(C)(C)C. The second-order valence-electron chi connectivity index (χ2n) is 4.77. The summed E-state index contributed by atoms with van der Waals surface area (Å²) in [6, 6.07) is 0. The molecule has 0 saturated carbocycles. The minimum absolute atomic E-state index is 0.241. The van der Waals surface area contributed by atoms with Gasteiger partial charge in [0.1, 0.15) is 5.60 Å². The molecule has 0 fully saturated rings. The molecule has 1 unspecified atom stereocenters. The third-order valence-corrected chi connectivity index (χ3v) is 1.50. The van der Waals surface area contributed by atoms with Crippen molar-refractivity contribution in [2.24, 2.45) is 5.92 Å². The summed E-state index contributed by atoms with van der Waals surface area (Å²) >= 11 is 0. The van der Waals surface area contributed by atoms with Crippen LogP contribution in [0.15, 0.2) is 0 Å². The summed E-state index contributed by atoms with van der Waals surface area (Å²) in [7, 11) is 0. The predicted molar refractivity (Wildman–Crippen MR) is 56.2 cm³/mol. The summed E-state index contributed by atoms with van der Waals surface area (Å²) in [5.41, 5.74) is -0.560. The van der Waals surface area contributed by atoms with Crippen molar-refractivity contribution in [3.63, 3.8) is 0 Å². The molecule has 0 heterocycles. The van der Waals surface area contributed by atoms with E-state index in [4.69, 9.17) is 9.47 Å². The zero-order chi connectivity index (χ0) is 12.2. The van der Waals surface area contributed by atoms with Crippen molar-refractivity contribution in [2.75, 3.05) is 0 Å². The molecule has 4 heteroatoms. The van der Waals surface area contributed by atoms with E-state index in [1.807, 2.05) is 0 Å². The lowest BCUT2D eigenvalue weighted by Crippen LogP contribution is -2.33. The van der Waals surface area contributed by atoms with Crippen molar-refractivity contribution in [3.05, 3.63) is 0 Å². The maximum Gasteiger partial charge on any atom is 0.347 e. The molecule has 0 radical (unpaired) electrons. The molecule has 0 aromatic carbocycles. The average molecular weight is 216 g/mol. The van der Waals surface area contributed by atoms with E-state index in [9.17, 15) is 9.59 Å². The van der Waals surface area contributed by atoms with E-state index < -0.39 is 23.6 Å². The van der Waals surface area contributed by atoms with Crippen LogP contribution in [0.2, 0.25) is 0 Å². The topological polar surface area (TPSA) is 52.6 Å². The van der Waals surface area contributed by atoms with E-state index in [0.29, 0.717) is 0 Å². The Balaban J connectivity index is 4.17. The van der Waals surface area contributed by atoms with Gasteiger partial charge in [0.25, 0.3) is 0 Å². The first-order valence-corrected chi connectivity index (χ1v) is 5.07. The van der Waals surface area contributed by atoms with E-state index in [2.05, 4.69) is 0 Å². The summed E-state index contributed by atoms with van der Waals surface area (Å²) in [4.78, 5) is 22.6. The smallest absolute Gasteiger partial charge is 0.347 e. The molecule has 0 aromatic heterocycles. The highest BCUT2D eigenvalue weighted by Gasteiger charge is 2.25. The van der Waals surface area contributed by atoms with Crippen LogP contribution in [0.4, 0.5) is 0 Å². The molecule has 0 aromatic rings. The fraction of sp³-hybridized carbons (Fsp3) is 0.818. The summed E-state index contributed by atoms with van der Waals surface area (Å²) < 4.78 is 9.97. The molecule has 0 N–H and O–H groups in total. The van der Waals surface area contributed by atoms with Crippen molar-refractivity contribution in [2.45, 2.75) is 53.2 Å². The number of rotatable bonds is 3. The fourth-order valence-corrected chi connectivity index (χ4v) is 0.743. The zero-order valence-corrected chi connectivity index (χ0v) is 10.3. The molecule has 0 bridgehead atoms. The third kappa shape index (κ3) is 6.10. The fourth-order valence-electron chi connectivity index (χ4n) is 0.743. The zero-order valence-electron chi connectivity index (χ0n) is 10.3. The minimum atomic E-state index is -0.848. The maximum absolute atomic E-state index is 11.4. The first-order valence-electron chi connectivity index (χ1n) is 5.07. The van der Waals surface area contributed by atoms with Gasteiger partial charge in [-0.25, -0.2) is 4.79 Å². The van der Waals surface area contributed by atoms with Crippen LogP contribution in [0.25, 0.3) is 0 Å². The molecule has 0 spiro atoms. The molecule has 15 heavy (non-hydrogen) atoms. The van der Waals surface area contributed by atoms with Crippen LogP contribution in [-0.2, 0) is 19.1 Å². The van der Waals surface area contributed by atoms with E-state index in [0.717, 1.165) is 0 Å². The van der Waals surface area contributed by atoms with Crippen molar-refractivity contribution in [3.8, 4) is 0 Å². The van der Waals surface area contributed by atoms with Gasteiger partial charge < -0.3 is 9.47 Å². The molecule has 0 saturated heterocycles. The average Bonchev–Trinajstić information content (AvgIpc) is 2.00. The van der Waals surface area contributed by atoms with Gasteiger partial charge in [-0.15, -0.1) is 0 Å². The van der Waals surface area contributed by atoms with Gasteiger partial charge in [0, 0.05) is 0 Å². The lowest BCUT2D eigenvalue weighted by atomic mass is 10.2. The molecular weight excluding hydrogens is 196 g/mol. The normalized spacial score (nSPS) is 13.5. The standard InChI is InChI=1S/C11H20O4/c1-7(2)9(12)14-8(3)10(13)15-11(4,5)6/h7-8H,1-6H3. The Morgan fingerprint density at radius 2 is 1.47 bits per heavy atom. The van der Waals surface area contributed by atoms with Crippen LogP contribution >= 0.6 is 0 Å². The highest BCUT2D eigenvalue weighted by atomic mass is 16.6. The highest BCUT2D eigenvalue weighted by Crippen LogP contribution is 2.10. The van der Waals surface area contributed by atoms with Crippen molar-refractivity contribution in [1.29, 1.82) is 0 Å². The van der Waals surface area contributed by atoms with Crippen LogP contribution in [-0.4, -0.2) is 23.6 Å². The van der Waals surface area contributed by atoms with E-state index in [1.165, 1.54) is 6.92 Å². The second kappa shape index (κ2) is 5.14. The van der Waals surface area contributed by atoms with E-state index in [-0.39, 0.29) is 5.92 Å². The summed E-state index contributed by atoms with van der Waals surface area (Å²) in [5, 5.41) is 0. The molecule has 0 rings (SSSR count). The van der Waals surface area contributed by atoms with Gasteiger partial charge in [-0.2, -0.15) is 0 Å². The monoisotopic (exact) mass is 216 g/mol. The Labute approximate surface area is 90.9 Å². The Morgan fingerprint density at radius 3 is 1.80 bits per heavy atom. The van der Waals surface area contributed by atoms with Crippen LogP contribution < -0.4 is 0 Å². The molecule has 1 atom stereocenters. The van der Waals surface area contributed by atoms with Crippen LogP contribution in [0.3, 0.4) is 0 Å². The Hall–Kier alpha value is -1.06. The number of carbonyl (C=O) groups excluding carboxylic acids is 2. The van der Waals surface area contributed by atoms with Crippen LogP contribution in [0.5, 0.6) is 0 Å². The van der Waals surface area contributed by atoms with Gasteiger partial charge in [-0.1, -0.05) is 13.8 Å². The summed E-state index contributed by atoms with van der Waals surface area (Å²) in [5.74, 6) is -1.15.